The van der Waals surface area contributed by atoms with E-state index >= 15 is 0 Å². The van der Waals surface area contributed by atoms with Crippen molar-refractivity contribution in [1.82, 2.24) is 4.98 Å². The number of ether oxygens (including phenoxy) is 1. The van der Waals surface area contributed by atoms with Crippen LogP contribution >= 0.6 is 0 Å². The first kappa shape index (κ1) is 9.46. The molecule has 1 unspecified atom stereocenters. The molecular formula is C11H16N2O. The Morgan fingerprint density at radius 3 is 3.07 bits per heavy atom. The van der Waals surface area contributed by atoms with Gasteiger partial charge in [0.15, 0.2) is 0 Å². The van der Waals surface area contributed by atoms with E-state index in [9.17, 15) is 0 Å². The summed E-state index contributed by atoms with van der Waals surface area (Å²) in [5.41, 5.74) is 6.81. The van der Waals surface area contributed by atoms with Gasteiger partial charge in [-0.25, -0.2) is 4.98 Å². The first-order valence-electron chi connectivity index (χ1n) is 5.10. The highest BCUT2D eigenvalue weighted by Crippen LogP contribution is 2.30. The summed E-state index contributed by atoms with van der Waals surface area (Å²) < 4.78 is 5.63. The zero-order valence-corrected chi connectivity index (χ0v) is 8.44. The SMILES string of the molecule is CC(N)c1cccnc1OCC1CC1. The quantitative estimate of drug-likeness (QED) is 0.792. The molecule has 2 N–H and O–H groups in total. The number of hydrogen-bond donors (Lipinski definition) is 1. The second-order valence-electron chi connectivity index (χ2n) is 3.94. The zero-order chi connectivity index (χ0) is 9.97. The molecule has 0 spiro atoms. The maximum atomic E-state index is 5.82. The average molecular weight is 192 g/mol. The van der Waals surface area contributed by atoms with Gasteiger partial charge in [-0.3, -0.25) is 0 Å². The van der Waals surface area contributed by atoms with Crippen molar-refractivity contribution in [1.29, 1.82) is 0 Å². The maximum absolute atomic E-state index is 5.82. The number of aromatic nitrogens is 1. The van der Waals surface area contributed by atoms with E-state index in [1.165, 1.54) is 12.8 Å². The molecule has 2 rings (SSSR count). The van der Waals surface area contributed by atoms with Crippen molar-refractivity contribution in [2.45, 2.75) is 25.8 Å². The van der Waals surface area contributed by atoms with Crippen molar-refractivity contribution >= 4 is 0 Å². The third-order valence-corrected chi connectivity index (χ3v) is 2.44. The van der Waals surface area contributed by atoms with Gasteiger partial charge >= 0.3 is 0 Å². The Morgan fingerprint density at radius 2 is 2.43 bits per heavy atom. The Hall–Kier alpha value is -1.09. The van der Waals surface area contributed by atoms with E-state index in [-0.39, 0.29) is 6.04 Å². The molecule has 1 aromatic rings. The van der Waals surface area contributed by atoms with E-state index in [2.05, 4.69) is 4.98 Å². The van der Waals surface area contributed by atoms with Gasteiger partial charge in [0, 0.05) is 17.8 Å². The third-order valence-electron chi connectivity index (χ3n) is 2.44. The Balaban J connectivity index is 2.05. The van der Waals surface area contributed by atoms with Crippen LogP contribution in [0.1, 0.15) is 31.4 Å². The molecule has 0 amide bonds. The topological polar surface area (TPSA) is 48.1 Å². The van der Waals surface area contributed by atoms with Gasteiger partial charge in [0.1, 0.15) is 0 Å². The van der Waals surface area contributed by atoms with Crippen LogP contribution in [-0.4, -0.2) is 11.6 Å². The molecule has 14 heavy (non-hydrogen) atoms. The van der Waals surface area contributed by atoms with Crippen molar-refractivity contribution in [3.05, 3.63) is 23.9 Å². The summed E-state index contributed by atoms with van der Waals surface area (Å²) in [5.74, 6) is 1.45. The molecular weight excluding hydrogens is 176 g/mol. The molecule has 0 bridgehead atoms. The molecule has 76 valence electrons. The molecule has 3 heteroatoms. The summed E-state index contributed by atoms with van der Waals surface area (Å²) in [6.45, 7) is 2.73. The maximum Gasteiger partial charge on any atom is 0.218 e. The standard InChI is InChI=1S/C11H16N2O/c1-8(12)10-3-2-6-13-11(10)14-7-9-4-5-9/h2-3,6,8-9H,4-5,7,12H2,1H3. The van der Waals surface area contributed by atoms with Gasteiger partial charge in [-0.15, -0.1) is 0 Å². The van der Waals surface area contributed by atoms with E-state index in [1.807, 2.05) is 19.1 Å². The van der Waals surface area contributed by atoms with Crippen molar-refractivity contribution in [2.75, 3.05) is 6.61 Å². The first-order chi connectivity index (χ1) is 6.77. The Labute approximate surface area is 84.3 Å². The van der Waals surface area contributed by atoms with Crippen LogP contribution in [0.15, 0.2) is 18.3 Å². The molecule has 0 aromatic carbocycles. The van der Waals surface area contributed by atoms with Crippen LogP contribution in [-0.2, 0) is 0 Å². The van der Waals surface area contributed by atoms with Crippen molar-refractivity contribution < 1.29 is 4.74 Å². The highest BCUT2D eigenvalue weighted by molar-refractivity contribution is 5.28. The normalized spacial score (nSPS) is 17.9. The fourth-order valence-electron chi connectivity index (χ4n) is 1.35. The van der Waals surface area contributed by atoms with Gasteiger partial charge in [0.25, 0.3) is 0 Å². The molecule has 1 aromatic heterocycles. The van der Waals surface area contributed by atoms with Gasteiger partial charge in [-0.2, -0.15) is 0 Å². The van der Waals surface area contributed by atoms with E-state index in [4.69, 9.17) is 10.5 Å². The summed E-state index contributed by atoms with van der Waals surface area (Å²) >= 11 is 0. The number of rotatable bonds is 4. The molecule has 1 aliphatic rings. The summed E-state index contributed by atoms with van der Waals surface area (Å²) in [6.07, 6.45) is 4.33. The lowest BCUT2D eigenvalue weighted by Crippen LogP contribution is -2.10. The summed E-state index contributed by atoms with van der Waals surface area (Å²) in [7, 11) is 0. The highest BCUT2D eigenvalue weighted by atomic mass is 16.5. The largest absolute Gasteiger partial charge is 0.477 e. The fourth-order valence-corrected chi connectivity index (χ4v) is 1.35. The van der Waals surface area contributed by atoms with Gasteiger partial charge < -0.3 is 10.5 Å². The number of nitrogens with two attached hydrogens (primary N) is 1. The third kappa shape index (κ3) is 2.23. The molecule has 1 aliphatic carbocycles. The predicted molar refractivity (Wildman–Crippen MR) is 55.1 cm³/mol. The van der Waals surface area contributed by atoms with Crippen molar-refractivity contribution in [2.24, 2.45) is 11.7 Å². The number of pyridine rings is 1. The van der Waals surface area contributed by atoms with Crippen molar-refractivity contribution in [3.63, 3.8) is 0 Å². The molecule has 0 saturated heterocycles. The van der Waals surface area contributed by atoms with Crippen LogP contribution in [0.3, 0.4) is 0 Å². The van der Waals surface area contributed by atoms with E-state index in [1.54, 1.807) is 6.20 Å². The van der Waals surface area contributed by atoms with Gasteiger partial charge in [0.2, 0.25) is 5.88 Å². The van der Waals surface area contributed by atoms with Gasteiger partial charge in [-0.05, 0) is 31.7 Å². The van der Waals surface area contributed by atoms with Crippen LogP contribution < -0.4 is 10.5 Å². The second kappa shape index (κ2) is 3.96. The Bertz CT molecular complexity index is 308. The molecule has 0 aliphatic heterocycles. The van der Waals surface area contributed by atoms with E-state index in [0.717, 1.165) is 18.1 Å². The lowest BCUT2D eigenvalue weighted by atomic mass is 10.1. The van der Waals surface area contributed by atoms with Gasteiger partial charge in [-0.1, -0.05) is 6.07 Å². The Kier molecular flexibility index (Phi) is 2.68. The second-order valence-corrected chi connectivity index (χ2v) is 3.94. The summed E-state index contributed by atoms with van der Waals surface area (Å²) in [4.78, 5) is 4.20. The molecule has 1 fully saturated rings. The van der Waals surface area contributed by atoms with Crippen LogP contribution in [0.4, 0.5) is 0 Å². The Morgan fingerprint density at radius 1 is 1.64 bits per heavy atom. The lowest BCUT2D eigenvalue weighted by Gasteiger charge is -2.11. The minimum Gasteiger partial charge on any atom is -0.477 e. The smallest absolute Gasteiger partial charge is 0.218 e. The minimum atomic E-state index is -0.0158. The zero-order valence-electron chi connectivity index (χ0n) is 8.44. The number of hydrogen-bond acceptors (Lipinski definition) is 3. The molecule has 1 heterocycles. The first-order valence-corrected chi connectivity index (χ1v) is 5.10. The molecule has 1 atom stereocenters. The highest BCUT2D eigenvalue weighted by Gasteiger charge is 2.22. The van der Waals surface area contributed by atoms with Crippen molar-refractivity contribution in [3.8, 4) is 5.88 Å². The van der Waals surface area contributed by atoms with Crippen LogP contribution in [0.2, 0.25) is 0 Å². The van der Waals surface area contributed by atoms with E-state index < -0.39 is 0 Å². The fraction of sp³-hybridized carbons (Fsp3) is 0.545. The number of nitrogens with zero attached hydrogens (tertiary/aromatic N) is 1. The summed E-state index contributed by atoms with van der Waals surface area (Å²) in [6, 6.07) is 3.85. The average Bonchev–Trinajstić information content (AvgIpc) is 2.98. The van der Waals surface area contributed by atoms with E-state index in [0.29, 0.717) is 5.88 Å². The molecule has 1 saturated carbocycles. The molecule has 0 radical (unpaired) electrons. The van der Waals surface area contributed by atoms with Crippen LogP contribution in [0, 0.1) is 5.92 Å². The van der Waals surface area contributed by atoms with Crippen LogP contribution in [0.25, 0.3) is 0 Å². The molecule has 3 nitrogen and oxygen atoms in total. The lowest BCUT2D eigenvalue weighted by molar-refractivity contribution is 0.284. The summed E-state index contributed by atoms with van der Waals surface area (Å²) in [5, 5.41) is 0. The minimum absolute atomic E-state index is 0.0158. The monoisotopic (exact) mass is 192 g/mol. The van der Waals surface area contributed by atoms with Gasteiger partial charge in [0.05, 0.1) is 6.61 Å². The predicted octanol–water partition coefficient (Wildman–Crippen LogP) is 1.89. The van der Waals surface area contributed by atoms with Crippen LogP contribution in [0.5, 0.6) is 5.88 Å².